The van der Waals surface area contributed by atoms with E-state index in [1.165, 1.54) is 17.2 Å². The molecule has 1 heterocycles. The molecule has 0 saturated heterocycles. The number of amides is 1. The second kappa shape index (κ2) is 6.44. The van der Waals surface area contributed by atoms with Crippen LogP contribution in [0.25, 0.3) is 11.6 Å². The van der Waals surface area contributed by atoms with Gasteiger partial charge in [-0.2, -0.15) is 13.2 Å². The van der Waals surface area contributed by atoms with Crippen LogP contribution in [0.15, 0.2) is 30.3 Å². The molecule has 1 aliphatic carbocycles. The van der Waals surface area contributed by atoms with Crippen molar-refractivity contribution in [3.8, 4) is 5.75 Å². The molecule has 2 aromatic carbocycles. The molecular weight excluding hydrogens is 355 g/mol. The van der Waals surface area contributed by atoms with Gasteiger partial charge in [0.05, 0.1) is 12.7 Å². The van der Waals surface area contributed by atoms with Crippen LogP contribution in [-0.2, 0) is 23.8 Å². The molecule has 2 aromatic rings. The molecule has 3 nitrogen and oxygen atoms in total. The van der Waals surface area contributed by atoms with Crippen LogP contribution in [0.2, 0.25) is 0 Å². The van der Waals surface area contributed by atoms with E-state index in [2.05, 4.69) is 5.32 Å². The summed E-state index contributed by atoms with van der Waals surface area (Å²) in [6, 6.07) is 7.33. The summed E-state index contributed by atoms with van der Waals surface area (Å²) in [6.07, 6.45) is 1.50. The molecule has 1 N–H and O–H groups in total. The molecule has 0 atom stereocenters. The molecule has 4 rings (SSSR count). The second-order valence-corrected chi connectivity index (χ2v) is 6.84. The third-order valence-corrected chi connectivity index (χ3v) is 5.12. The summed E-state index contributed by atoms with van der Waals surface area (Å²) in [5.74, 6) is 0.250. The Labute approximate surface area is 154 Å². The molecule has 140 valence electrons. The number of aryl methyl sites for hydroxylation is 2. The lowest BCUT2D eigenvalue weighted by Gasteiger charge is -2.18. The second-order valence-electron chi connectivity index (χ2n) is 6.84. The van der Waals surface area contributed by atoms with Crippen molar-refractivity contribution < 1.29 is 22.7 Å². The molecule has 0 unspecified atom stereocenters. The standard InChI is InChI=1S/C21H18F3NO2/c1-27-19-10-13-5-3-2-4-12(13)8-14(19)9-17-16-7-6-15(21(22,23)24)11-18(16)25-20(17)26/h6-11H,2-5H2,1H3,(H,25,26)/b17-9+. The molecule has 1 aliphatic heterocycles. The van der Waals surface area contributed by atoms with E-state index >= 15 is 0 Å². The predicted molar refractivity (Wildman–Crippen MR) is 97.6 cm³/mol. The van der Waals surface area contributed by atoms with Crippen LogP contribution >= 0.6 is 0 Å². The third-order valence-electron chi connectivity index (χ3n) is 5.12. The van der Waals surface area contributed by atoms with Crippen LogP contribution in [0.5, 0.6) is 5.75 Å². The van der Waals surface area contributed by atoms with E-state index < -0.39 is 17.6 Å². The first-order chi connectivity index (χ1) is 12.9. The molecule has 0 fully saturated rings. The number of nitrogens with one attached hydrogen (secondary N) is 1. The first kappa shape index (κ1) is 17.6. The summed E-state index contributed by atoms with van der Waals surface area (Å²) in [7, 11) is 1.57. The van der Waals surface area contributed by atoms with Gasteiger partial charge in [-0.1, -0.05) is 6.07 Å². The third kappa shape index (κ3) is 3.20. The fourth-order valence-electron chi connectivity index (χ4n) is 3.74. The molecule has 0 aromatic heterocycles. The van der Waals surface area contributed by atoms with Crippen molar-refractivity contribution in [3.63, 3.8) is 0 Å². The zero-order valence-corrected chi connectivity index (χ0v) is 14.7. The smallest absolute Gasteiger partial charge is 0.416 e. The van der Waals surface area contributed by atoms with Gasteiger partial charge in [-0.25, -0.2) is 0 Å². The van der Waals surface area contributed by atoms with Crippen LogP contribution in [-0.4, -0.2) is 13.0 Å². The number of ether oxygens (including phenoxy) is 1. The first-order valence-electron chi connectivity index (χ1n) is 8.81. The van der Waals surface area contributed by atoms with E-state index in [0.717, 1.165) is 43.4 Å². The average molecular weight is 373 g/mol. The van der Waals surface area contributed by atoms with Gasteiger partial charge in [0.25, 0.3) is 5.91 Å². The van der Waals surface area contributed by atoms with Gasteiger partial charge in [0.1, 0.15) is 5.75 Å². The molecular formula is C21H18F3NO2. The quantitative estimate of drug-likeness (QED) is 0.745. The van der Waals surface area contributed by atoms with Crippen molar-refractivity contribution in [1.29, 1.82) is 0 Å². The van der Waals surface area contributed by atoms with Crippen LogP contribution in [0, 0.1) is 0 Å². The number of hydrogen-bond acceptors (Lipinski definition) is 2. The topological polar surface area (TPSA) is 38.3 Å². The monoisotopic (exact) mass is 373 g/mol. The number of benzene rings is 2. The molecule has 0 saturated carbocycles. The van der Waals surface area contributed by atoms with Crippen molar-refractivity contribution in [2.45, 2.75) is 31.9 Å². The lowest BCUT2D eigenvalue weighted by atomic mass is 9.89. The van der Waals surface area contributed by atoms with Gasteiger partial charge in [-0.15, -0.1) is 0 Å². The molecule has 27 heavy (non-hydrogen) atoms. The number of alkyl halides is 3. The Morgan fingerprint density at radius 3 is 2.44 bits per heavy atom. The molecule has 0 bridgehead atoms. The lowest BCUT2D eigenvalue weighted by molar-refractivity contribution is -0.137. The van der Waals surface area contributed by atoms with Crippen molar-refractivity contribution in [3.05, 3.63) is 58.1 Å². The Morgan fingerprint density at radius 2 is 1.78 bits per heavy atom. The van der Waals surface area contributed by atoms with Gasteiger partial charge in [0, 0.05) is 22.4 Å². The summed E-state index contributed by atoms with van der Waals surface area (Å²) < 4.78 is 44.2. The van der Waals surface area contributed by atoms with Crippen molar-refractivity contribution in [2.24, 2.45) is 0 Å². The van der Waals surface area contributed by atoms with Crippen LogP contribution in [0.4, 0.5) is 18.9 Å². The maximum atomic E-state index is 12.9. The van der Waals surface area contributed by atoms with Gasteiger partial charge < -0.3 is 10.1 Å². The summed E-state index contributed by atoms with van der Waals surface area (Å²) in [5.41, 5.74) is 3.45. The number of halogens is 3. The zero-order valence-electron chi connectivity index (χ0n) is 14.7. The summed E-state index contributed by atoms with van der Waals surface area (Å²) in [5, 5.41) is 2.53. The fraction of sp³-hybridized carbons (Fsp3) is 0.286. The minimum absolute atomic E-state index is 0.179. The fourth-order valence-corrected chi connectivity index (χ4v) is 3.74. The normalized spacial score (nSPS) is 17.5. The minimum Gasteiger partial charge on any atom is -0.496 e. The van der Waals surface area contributed by atoms with E-state index in [1.807, 2.05) is 12.1 Å². The molecule has 2 aliphatic rings. The van der Waals surface area contributed by atoms with E-state index in [9.17, 15) is 18.0 Å². The highest BCUT2D eigenvalue weighted by Gasteiger charge is 2.33. The number of methoxy groups -OCH3 is 1. The van der Waals surface area contributed by atoms with E-state index in [4.69, 9.17) is 4.74 Å². The Hall–Kier alpha value is -2.76. The maximum absolute atomic E-state index is 12.9. The number of carbonyl (C=O) groups excluding carboxylic acids is 1. The van der Waals surface area contributed by atoms with E-state index in [0.29, 0.717) is 16.9 Å². The maximum Gasteiger partial charge on any atom is 0.416 e. The number of hydrogen-bond donors (Lipinski definition) is 1. The van der Waals surface area contributed by atoms with Gasteiger partial charge >= 0.3 is 6.18 Å². The summed E-state index contributed by atoms with van der Waals surface area (Å²) in [4.78, 5) is 12.4. The van der Waals surface area contributed by atoms with E-state index in [-0.39, 0.29) is 5.69 Å². The summed E-state index contributed by atoms with van der Waals surface area (Å²) in [6.45, 7) is 0. The molecule has 6 heteroatoms. The van der Waals surface area contributed by atoms with Crippen LogP contribution < -0.4 is 10.1 Å². The minimum atomic E-state index is -4.45. The van der Waals surface area contributed by atoms with E-state index in [1.54, 1.807) is 13.2 Å². The molecule has 0 spiro atoms. The van der Waals surface area contributed by atoms with Gasteiger partial charge in [-0.3, -0.25) is 4.79 Å². The highest BCUT2D eigenvalue weighted by molar-refractivity contribution is 6.35. The van der Waals surface area contributed by atoms with Crippen molar-refractivity contribution in [1.82, 2.24) is 0 Å². The Balaban J connectivity index is 1.79. The van der Waals surface area contributed by atoms with Gasteiger partial charge in [-0.05, 0) is 67.2 Å². The van der Waals surface area contributed by atoms with Gasteiger partial charge in [0.2, 0.25) is 0 Å². The average Bonchev–Trinajstić information content (AvgIpc) is 2.95. The molecule has 1 amide bonds. The Bertz CT molecular complexity index is 961. The Kier molecular flexibility index (Phi) is 4.21. The SMILES string of the molecule is COc1cc2c(cc1/C=C1/C(=O)Nc3cc(C(F)(F)F)ccc31)CCCC2. The summed E-state index contributed by atoms with van der Waals surface area (Å²) >= 11 is 0. The number of fused-ring (bicyclic) bond motifs is 2. The number of carbonyl (C=O) groups is 1. The van der Waals surface area contributed by atoms with Crippen LogP contribution in [0.3, 0.4) is 0 Å². The predicted octanol–water partition coefficient (Wildman–Crippen LogP) is 5.09. The Morgan fingerprint density at radius 1 is 1.07 bits per heavy atom. The highest BCUT2D eigenvalue weighted by Crippen LogP contribution is 2.39. The van der Waals surface area contributed by atoms with Crippen molar-refractivity contribution in [2.75, 3.05) is 12.4 Å². The largest absolute Gasteiger partial charge is 0.496 e. The number of rotatable bonds is 2. The lowest BCUT2D eigenvalue weighted by Crippen LogP contribution is -2.06. The van der Waals surface area contributed by atoms with Crippen molar-refractivity contribution >= 4 is 23.2 Å². The highest BCUT2D eigenvalue weighted by atomic mass is 19.4. The van der Waals surface area contributed by atoms with Gasteiger partial charge in [0.15, 0.2) is 0 Å². The zero-order chi connectivity index (χ0) is 19.2. The first-order valence-corrected chi connectivity index (χ1v) is 8.81. The molecule has 0 radical (unpaired) electrons. The van der Waals surface area contributed by atoms with Crippen LogP contribution in [0.1, 0.15) is 40.7 Å². The number of anilines is 1.